The van der Waals surface area contributed by atoms with E-state index in [1.54, 1.807) is 7.05 Å². The Kier molecular flexibility index (Phi) is 8.46. The smallest absolute Gasteiger partial charge is 0.258 e. The van der Waals surface area contributed by atoms with Gasteiger partial charge in [0.1, 0.15) is 11.6 Å². The Morgan fingerprint density at radius 3 is 1.45 bits per heavy atom. The molecule has 2 aromatic carbocycles. The van der Waals surface area contributed by atoms with Crippen LogP contribution in [0.1, 0.15) is 20.7 Å². The van der Waals surface area contributed by atoms with Crippen molar-refractivity contribution in [1.29, 1.82) is 0 Å². The number of benzene rings is 2. The molecule has 0 spiro atoms. The Hall–Kier alpha value is -3.92. The fourth-order valence-corrected chi connectivity index (χ4v) is 4.84. The second-order valence-electron chi connectivity index (χ2n) is 8.24. The van der Waals surface area contributed by atoms with Crippen LogP contribution in [0.4, 0.5) is 17.6 Å². The van der Waals surface area contributed by atoms with Gasteiger partial charge in [-0.25, -0.2) is 25.4 Å². The minimum absolute atomic E-state index is 0.0322. The summed E-state index contributed by atoms with van der Waals surface area (Å²) >= 11 is 0. The summed E-state index contributed by atoms with van der Waals surface area (Å²) in [6, 6.07) is 12.2. The number of carbonyl (C=O) groups excluding carboxylic acids is 2. The lowest BCUT2D eigenvalue weighted by Crippen LogP contribution is -2.22. The summed E-state index contributed by atoms with van der Waals surface area (Å²) in [5.41, 5.74) is 0.352. The summed E-state index contributed by atoms with van der Waals surface area (Å²) in [6.07, 6.45) is 0. The molecule has 3 N–H and O–H groups in total. The average Bonchev–Trinajstić information content (AvgIpc) is 2.88. The van der Waals surface area contributed by atoms with Crippen LogP contribution in [0, 0.1) is 0 Å². The highest BCUT2D eigenvalue weighted by molar-refractivity contribution is 7.89. The van der Waals surface area contributed by atoms with Crippen molar-refractivity contribution in [3.8, 4) is 0 Å². The zero-order valence-electron chi connectivity index (χ0n) is 21.3. The highest BCUT2D eigenvalue weighted by Gasteiger charge is 2.19. The van der Waals surface area contributed by atoms with Gasteiger partial charge in [-0.1, -0.05) is 0 Å². The molecule has 3 rings (SSSR count). The molecule has 1 heterocycles. The molecule has 13 nitrogen and oxygen atoms in total. The number of sulfonamides is 2. The highest BCUT2D eigenvalue weighted by Crippen LogP contribution is 2.19. The van der Waals surface area contributed by atoms with Crippen molar-refractivity contribution in [2.45, 2.75) is 9.79 Å². The third kappa shape index (κ3) is 6.31. The number of amides is 2. The molecule has 0 saturated carbocycles. The Bertz CT molecular complexity index is 1440. The standard InChI is InChI=1S/C23H27N7O6S2/c1-24-19-14-20(25-21(31)15-6-10-17(11-7-15)37(33,34)29(2)3)27-23(26-19)28-22(32)16-8-12-18(13-9-16)38(35,36)30(4)5/h6-14H,1-5H3,(H3,24,25,26,27,28,31,32). The van der Waals surface area contributed by atoms with Crippen molar-refractivity contribution in [2.24, 2.45) is 0 Å². The molecule has 0 radical (unpaired) electrons. The van der Waals surface area contributed by atoms with E-state index < -0.39 is 31.9 Å². The van der Waals surface area contributed by atoms with Gasteiger partial charge in [0.25, 0.3) is 11.8 Å². The van der Waals surface area contributed by atoms with Crippen LogP contribution >= 0.6 is 0 Å². The molecule has 0 fully saturated rings. The molecular weight excluding hydrogens is 534 g/mol. The van der Waals surface area contributed by atoms with Crippen LogP contribution < -0.4 is 16.0 Å². The molecule has 0 aliphatic rings. The van der Waals surface area contributed by atoms with Crippen LogP contribution in [0.3, 0.4) is 0 Å². The number of aromatic nitrogens is 2. The zero-order valence-corrected chi connectivity index (χ0v) is 22.9. The van der Waals surface area contributed by atoms with Crippen LogP contribution in [0.2, 0.25) is 0 Å². The lowest BCUT2D eigenvalue weighted by atomic mass is 10.2. The molecule has 15 heteroatoms. The van der Waals surface area contributed by atoms with Crippen LogP contribution in [-0.4, -0.2) is 82.5 Å². The van der Waals surface area contributed by atoms with Gasteiger partial charge in [-0.05, 0) is 48.5 Å². The van der Waals surface area contributed by atoms with E-state index in [0.29, 0.717) is 5.82 Å². The van der Waals surface area contributed by atoms with Crippen molar-refractivity contribution in [3.05, 3.63) is 65.7 Å². The number of nitrogens with one attached hydrogen (secondary N) is 3. The lowest BCUT2D eigenvalue weighted by molar-refractivity contribution is 0.101. The normalized spacial score (nSPS) is 11.9. The molecular formula is C23H27N7O6S2. The van der Waals surface area contributed by atoms with Crippen LogP contribution in [-0.2, 0) is 20.0 Å². The molecule has 0 aliphatic heterocycles. The third-order valence-corrected chi connectivity index (χ3v) is 8.90. The summed E-state index contributed by atoms with van der Waals surface area (Å²) in [5.74, 6) is -0.904. The Labute approximate surface area is 221 Å². The number of nitrogens with zero attached hydrogens (tertiary/aromatic N) is 4. The van der Waals surface area contributed by atoms with E-state index in [9.17, 15) is 26.4 Å². The van der Waals surface area contributed by atoms with E-state index in [1.165, 1.54) is 82.8 Å². The molecule has 0 atom stereocenters. The largest absolute Gasteiger partial charge is 0.373 e. The van der Waals surface area contributed by atoms with Crippen molar-refractivity contribution in [2.75, 3.05) is 51.2 Å². The molecule has 0 bridgehead atoms. The molecule has 38 heavy (non-hydrogen) atoms. The molecule has 3 aromatic rings. The van der Waals surface area contributed by atoms with Gasteiger partial charge < -0.3 is 10.6 Å². The second-order valence-corrected chi connectivity index (χ2v) is 12.5. The number of carbonyl (C=O) groups is 2. The van der Waals surface area contributed by atoms with Crippen molar-refractivity contribution < 1.29 is 26.4 Å². The minimum Gasteiger partial charge on any atom is -0.373 e. The van der Waals surface area contributed by atoms with Gasteiger partial charge in [-0.3, -0.25) is 14.9 Å². The van der Waals surface area contributed by atoms with Gasteiger partial charge in [0.05, 0.1) is 9.79 Å². The Balaban J connectivity index is 1.78. The summed E-state index contributed by atoms with van der Waals surface area (Å²) in [7, 11) is -0.0663. The van der Waals surface area contributed by atoms with Gasteiger partial charge >= 0.3 is 0 Å². The van der Waals surface area contributed by atoms with Gasteiger partial charge in [0, 0.05) is 52.4 Å². The summed E-state index contributed by atoms with van der Waals surface area (Å²) in [5, 5.41) is 7.91. The topological polar surface area (TPSA) is 171 Å². The third-order valence-electron chi connectivity index (χ3n) is 5.24. The molecule has 0 aliphatic carbocycles. The maximum absolute atomic E-state index is 12.7. The summed E-state index contributed by atoms with van der Waals surface area (Å²) < 4.78 is 51.0. The zero-order chi connectivity index (χ0) is 28.3. The van der Waals surface area contributed by atoms with E-state index in [0.717, 1.165) is 8.61 Å². The number of hydrogen-bond acceptors (Lipinski definition) is 9. The molecule has 0 saturated heterocycles. The lowest BCUT2D eigenvalue weighted by Gasteiger charge is -2.12. The van der Waals surface area contributed by atoms with Gasteiger partial charge in [-0.15, -0.1) is 0 Å². The second kappa shape index (κ2) is 11.2. The van der Waals surface area contributed by atoms with E-state index in [1.807, 2.05) is 0 Å². The monoisotopic (exact) mass is 561 g/mol. The van der Waals surface area contributed by atoms with E-state index >= 15 is 0 Å². The van der Waals surface area contributed by atoms with Gasteiger partial charge in [0.2, 0.25) is 26.0 Å². The first-order valence-electron chi connectivity index (χ1n) is 11.0. The average molecular weight is 562 g/mol. The number of hydrogen-bond donors (Lipinski definition) is 3. The highest BCUT2D eigenvalue weighted by atomic mass is 32.2. The van der Waals surface area contributed by atoms with Gasteiger partial charge in [-0.2, -0.15) is 9.97 Å². The fourth-order valence-electron chi connectivity index (χ4n) is 3.04. The first-order chi connectivity index (χ1) is 17.7. The molecule has 2 amide bonds. The summed E-state index contributed by atoms with van der Waals surface area (Å²) in [4.78, 5) is 33.8. The van der Waals surface area contributed by atoms with Crippen LogP contribution in [0.15, 0.2) is 64.4 Å². The number of rotatable bonds is 9. The molecule has 0 unspecified atom stereocenters. The van der Waals surface area contributed by atoms with Gasteiger partial charge in [0.15, 0.2) is 0 Å². The quantitative estimate of drug-likeness (QED) is 0.350. The van der Waals surface area contributed by atoms with Crippen LogP contribution in [0.5, 0.6) is 0 Å². The molecule has 202 valence electrons. The predicted molar refractivity (Wildman–Crippen MR) is 142 cm³/mol. The minimum atomic E-state index is -3.64. The first kappa shape index (κ1) is 28.6. The maximum Gasteiger partial charge on any atom is 0.258 e. The predicted octanol–water partition coefficient (Wildman–Crippen LogP) is 1.52. The van der Waals surface area contributed by atoms with E-state index in [-0.39, 0.29) is 32.7 Å². The van der Waals surface area contributed by atoms with Crippen LogP contribution in [0.25, 0.3) is 0 Å². The Morgan fingerprint density at radius 2 is 1.05 bits per heavy atom. The molecule has 1 aromatic heterocycles. The SMILES string of the molecule is CNc1cc(NC(=O)c2ccc(S(=O)(=O)N(C)C)cc2)nc(NC(=O)c2ccc(S(=O)(=O)N(C)C)cc2)n1. The fraction of sp³-hybridized carbons (Fsp3) is 0.217. The van der Waals surface area contributed by atoms with E-state index in [4.69, 9.17) is 0 Å². The van der Waals surface area contributed by atoms with Crippen molar-refractivity contribution in [1.82, 2.24) is 18.6 Å². The Morgan fingerprint density at radius 1 is 0.658 bits per heavy atom. The number of anilines is 3. The first-order valence-corrected chi connectivity index (χ1v) is 13.9. The van der Waals surface area contributed by atoms with Crippen molar-refractivity contribution in [3.63, 3.8) is 0 Å². The summed E-state index contributed by atoms with van der Waals surface area (Å²) in [6.45, 7) is 0. The maximum atomic E-state index is 12.7. The van der Waals surface area contributed by atoms with E-state index in [2.05, 4.69) is 25.9 Å². The van der Waals surface area contributed by atoms with Crippen molar-refractivity contribution >= 4 is 49.4 Å².